The number of para-hydroxylation sites is 2. The van der Waals surface area contributed by atoms with Gasteiger partial charge in [0.25, 0.3) is 0 Å². The van der Waals surface area contributed by atoms with Gasteiger partial charge in [-0.2, -0.15) is 0 Å². The first-order chi connectivity index (χ1) is 26.4. The number of fused-ring (bicyclic) bond motifs is 6. The fourth-order valence-corrected chi connectivity index (χ4v) is 5.35. The minimum atomic E-state index is -0.899. The van der Waals surface area contributed by atoms with Crippen molar-refractivity contribution in [2.24, 2.45) is 0 Å². The molecule has 0 bridgehead atoms. The molecule has 8 nitrogen and oxygen atoms in total. The molecule has 2 aromatic carbocycles. The van der Waals surface area contributed by atoms with Gasteiger partial charge in [-0.3, -0.25) is 9.97 Å². The maximum absolute atomic E-state index is 13.1. The summed E-state index contributed by atoms with van der Waals surface area (Å²) in [5.41, 5.74) is 4.65. The van der Waals surface area contributed by atoms with E-state index in [1.165, 1.54) is 23.2 Å². The van der Waals surface area contributed by atoms with Gasteiger partial charge in [0.1, 0.15) is 23.8 Å². The van der Waals surface area contributed by atoms with E-state index in [0.717, 1.165) is 45.2 Å². The molecular weight excluding hydrogens is 1080 g/mol. The first-order valence-corrected chi connectivity index (χ1v) is 16.3. The Bertz CT molecular complexity index is 2510. The SMILES string of the molecule is Fc1c[c-]c(-c2ccccn2)c(F)n1.Fc1c[c-]c(-c2ccccn2)c(F)n1.[Pt+2].[Pt+2].c1ccc2c(c1)[n-]c1ncccc12.c1ccc2c(c1)[n-]c1ncccc12. The van der Waals surface area contributed by atoms with Crippen molar-refractivity contribution in [3.05, 3.63) is 182 Å². The monoisotopic (exact) mass is 1110 g/mol. The van der Waals surface area contributed by atoms with E-state index in [1.807, 2.05) is 48.5 Å². The smallest absolute Gasteiger partial charge is 0.442 e. The molecule has 14 heteroatoms. The zero-order valence-electron chi connectivity index (χ0n) is 28.6. The molecule has 0 saturated heterocycles. The van der Waals surface area contributed by atoms with Crippen LogP contribution in [-0.4, -0.2) is 29.9 Å². The van der Waals surface area contributed by atoms with Crippen LogP contribution >= 0.6 is 0 Å². The fourth-order valence-electron chi connectivity index (χ4n) is 5.35. The van der Waals surface area contributed by atoms with Crippen molar-refractivity contribution in [2.45, 2.75) is 0 Å². The number of pyridine rings is 6. The minimum absolute atomic E-state index is 0. The zero-order valence-corrected chi connectivity index (χ0v) is 33.1. The van der Waals surface area contributed by atoms with Gasteiger partial charge in [-0.1, -0.05) is 144 Å². The van der Waals surface area contributed by atoms with E-state index in [1.54, 1.807) is 48.8 Å². The third-order valence-electron chi connectivity index (χ3n) is 7.75. The molecule has 280 valence electrons. The van der Waals surface area contributed by atoms with Gasteiger partial charge in [-0.15, -0.1) is 12.1 Å². The molecule has 10 rings (SSSR count). The number of hydrogen-bond donors (Lipinski definition) is 0. The van der Waals surface area contributed by atoms with Crippen LogP contribution in [0.5, 0.6) is 0 Å². The third-order valence-corrected chi connectivity index (χ3v) is 7.75. The van der Waals surface area contributed by atoms with Gasteiger partial charge in [-0.05, 0) is 56.1 Å². The van der Waals surface area contributed by atoms with Crippen LogP contribution in [-0.2, 0) is 42.1 Å². The number of rotatable bonds is 2. The average molecular weight is 1110 g/mol. The second-order valence-electron chi connectivity index (χ2n) is 11.2. The molecule has 0 aliphatic carbocycles. The van der Waals surface area contributed by atoms with E-state index in [9.17, 15) is 17.6 Å². The number of halogens is 4. The zero-order chi connectivity index (χ0) is 37.3. The van der Waals surface area contributed by atoms with Crippen molar-refractivity contribution in [3.63, 3.8) is 0 Å². The Morgan fingerprint density at radius 2 is 0.786 bits per heavy atom. The summed E-state index contributed by atoms with van der Waals surface area (Å²) in [6.07, 6.45) is 6.58. The summed E-state index contributed by atoms with van der Waals surface area (Å²) in [4.78, 5) is 31.1. The van der Waals surface area contributed by atoms with E-state index < -0.39 is 23.8 Å². The van der Waals surface area contributed by atoms with Crippen LogP contribution in [0.1, 0.15) is 0 Å². The predicted molar refractivity (Wildman–Crippen MR) is 198 cm³/mol. The molecule has 0 atom stereocenters. The summed E-state index contributed by atoms with van der Waals surface area (Å²) in [5, 5.41) is 4.65. The number of aromatic nitrogens is 8. The molecule has 0 N–H and O–H groups in total. The Morgan fingerprint density at radius 1 is 0.411 bits per heavy atom. The van der Waals surface area contributed by atoms with Gasteiger partial charge in [0, 0.05) is 12.4 Å². The van der Waals surface area contributed by atoms with Gasteiger partial charge >= 0.3 is 42.1 Å². The molecule has 0 aliphatic rings. The Kier molecular flexibility index (Phi) is 14.4. The Morgan fingerprint density at radius 3 is 1.18 bits per heavy atom. The summed E-state index contributed by atoms with van der Waals surface area (Å²) < 4.78 is 51.1. The molecule has 0 unspecified atom stereocenters. The summed E-state index contributed by atoms with van der Waals surface area (Å²) in [7, 11) is 0. The predicted octanol–water partition coefficient (Wildman–Crippen LogP) is 9.13. The average Bonchev–Trinajstić information content (AvgIpc) is 3.78. The van der Waals surface area contributed by atoms with Gasteiger partial charge in [-0.25, -0.2) is 17.6 Å². The molecule has 8 heterocycles. The maximum atomic E-state index is 13.1. The quantitative estimate of drug-likeness (QED) is 0.0960. The van der Waals surface area contributed by atoms with E-state index in [0.29, 0.717) is 11.4 Å². The summed E-state index contributed by atoms with van der Waals surface area (Å²) in [6.45, 7) is 0. The van der Waals surface area contributed by atoms with E-state index in [-0.39, 0.29) is 53.3 Å². The summed E-state index contributed by atoms with van der Waals surface area (Å²) >= 11 is 0. The second kappa shape index (κ2) is 19.6. The first kappa shape index (κ1) is 41.2. The molecule has 0 spiro atoms. The molecule has 10 aromatic rings. The van der Waals surface area contributed by atoms with E-state index >= 15 is 0 Å². The van der Waals surface area contributed by atoms with Crippen LogP contribution in [0.2, 0.25) is 0 Å². The van der Waals surface area contributed by atoms with Gasteiger partial charge in [0.2, 0.25) is 0 Å². The van der Waals surface area contributed by atoms with Crippen molar-refractivity contribution < 1.29 is 59.7 Å². The number of hydrogen-bond acceptors (Lipinski definition) is 6. The van der Waals surface area contributed by atoms with E-state index in [2.05, 4.69) is 76.3 Å². The van der Waals surface area contributed by atoms with Crippen molar-refractivity contribution in [2.75, 3.05) is 0 Å². The maximum Gasteiger partial charge on any atom is 2.00 e. The van der Waals surface area contributed by atoms with E-state index in [4.69, 9.17) is 0 Å². The molecule has 8 aromatic heterocycles. The molecular formula is C42H24F4N8Pt2. The standard InChI is InChI=1S/2C11H7N2.2C10H5F2N2.2Pt/c2*1-2-6-10-8(4-1)9-5-3-7-12-11(9)13-10;2*11-9-5-4-7(10(12)14-9)8-3-1-2-6-13-8;;/h2*1-7H;2*1-3,5-6H;;/q4*-1;2*+2. The van der Waals surface area contributed by atoms with Crippen molar-refractivity contribution in [3.8, 4) is 22.5 Å². The van der Waals surface area contributed by atoms with Crippen molar-refractivity contribution >= 4 is 43.9 Å². The minimum Gasteiger partial charge on any atom is -0.442 e. The van der Waals surface area contributed by atoms with Crippen LogP contribution in [0, 0.1) is 35.9 Å². The topological polar surface area (TPSA) is 106 Å². The van der Waals surface area contributed by atoms with Gasteiger partial charge in [0.05, 0.1) is 0 Å². The normalized spacial score (nSPS) is 10.2. The third kappa shape index (κ3) is 9.82. The van der Waals surface area contributed by atoms with Crippen molar-refractivity contribution in [1.82, 2.24) is 39.9 Å². The van der Waals surface area contributed by atoms with Crippen LogP contribution in [0.25, 0.3) is 66.4 Å². The Labute approximate surface area is 346 Å². The fraction of sp³-hybridized carbons (Fsp3) is 0. The van der Waals surface area contributed by atoms with Crippen LogP contribution < -0.4 is 9.97 Å². The number of nitrogens with zero attached hydrogens (tertiary/aromatic N) is 8. The van der Waals surface area contributed by atoms with Gasteiger partial charge < -0.3 is 29.9 Å². The molecule has 0 fully saturated rings. The second-order valence-corrected chi connectivity index (χ2v) is 11.2. The molecule has 0 radical (unpaired) electrons. The van der Waals surface area contributed by atoms with Crippen LogP contribution in [0.4, 0.5) is 17.6 Å². The molecule has 0 aliphatic heterocycles. The molecule has 56 heavy (non-hydrogen) atoms. The Balaban J connectivity index is 0.000000141. The van der Waals surface area contributed by atoms with Gasteiger partial charge in [0.15, 0.2) is 0 Å². The number of benzene rings is 2. The summed E-state index contributed by atoms with van der Waals surface area (Å²) in [6, 6.07) is 41.1. The first-order valence-electron chi connectivity index (χ1n) is 16.3. The van der Waals surface area contributed by atoms with Crippen LogP contribution in [0.15, 0.2) is 146 Å². The summed E-state index contributed by atoms with van der Waals surface area (Å²) in [5.74, 6) is -3.57. The molecule has 0 amide bonds. The van der Waals surface area contributed by atoms with Crippen LogP contribution in [0.3, 0.4) is 0 Å². The largest absolute Gasteiger partial charge is 2.00 e. The van der Waals surface area contributed by atoms with Crippen molar-refractivity contribution in [1.29, 1.82) is 0 Å². The molecule has 0 saturated carbocycles. The Hall–Kier alpha value is -5.96.